The van der Waals surface area contributed by atoms with Crippen molar-refractivity contribution < 1.29 is 23.9 Å². The number of likely N-dealkylation sites (N-methyl/N-ethyl adjacent to an activating group) is 1. The van der Waals surface area contributed by atoms with Crippen molar-refractivity contribution in [2.24, 2.45) is 0 Å². The minimum absolute atomic E-state index is 0.0338. The minimum Gasteiger partial charge on any atom is -0.374 e. The van der Waals surface area contributed by atoms with E-state index in [0.717, 1.165) is 61.2 Å². The first kappa shape index (κ1) is 33.1. The van der Waals surface area contributed by atoms with Gasteiger partial charge in [0, 0.05) is 55.1 Å². The number of nitrogens with one attached hydrogen (secondary N) is 2. The van der Waals surface area contributed by atoms with Crippen molar-refractivity contribution in [1.29, 1.82) is 0 Å². The molecule has 3 aliphatic heterocycles. The Morgan fingerprint density at radius 2 is 1.81 bits per heavy atom. The number of ether oxygens (including phenoxy) is 2. The molecule has 8 rings (SSSR count). The number of benzene rings is 3. The van der Waals surface area contributed by atoms with Gasteiger partial charge in [-0.2, -0.15) is 0 Å². The number of carbonyl (C=O) groups is 3. The minimum atomic E-state index is -0.929. The van der Waals surface area contributed by atoms with Gasteiger partial charge in [0.1, 0.15) is 12.3 Å². The maximum atomic E-state index is 13.5. The maximum Gasteiger partial charge on any atom is 0.252 e. The van der Waals surface area contributed by atoms with E-state index in [1.54, 1.807) is 7.11 Å². The molecule has 0 aliphatic carbocycles. The smallest absolute Gasteiger partial charge is 0.252 e. The topological polar surface area (TPSA) is 107 Å². The van der Waals surface area contributed by atoms with Crippen LogP contribution in [0, 0.1) is 12.3 Å². The van der Waals surface area contributed by atoms with Crippen LogP contribution in [0.5, 0.6) is 0 Å². The summed E-state index contributed by atoms with van der Waals surface area (Å²) >= 11 is 0. The molecule has 2 N–H and O–H groups in total. The summed E-state index contributed by atoms with van der Waals surface area (Å²) in [5.41, 5.74) is 4.98. The fourth-order valence-electron chi connectivity index (χ4n) is 8.07. The standard InChI is InChI=1S/C32H32N4O4.C4H5NO.C2H6/c1-5-10-23(37)34(3)22-15-24-35-20-13-8-6-11-17(20)26-27-19(16-33-31(27)38)25-18-12-7-9-14-21(18)36(29(25)28(26)35)32(2,40-24)30(22)39-4;1-2-3-5-4-6;1-2/h6-9,11-14,22,24,30H,5,10,15-16H2,1-4H3,(H,33,38);1,4H,3H2,(H,5,6);1-2H3/t22?,24?,30?,32-;;/m0../s1. The van der Waals surface area contributed by atoms with Crippen LogP contribution in [0.25, 0.3) is 43.6 Å². The van der Waals surface area contributed by atoms with Gasteiger partial charge in [-0.15, -0.1) is 6.42 Å². The van der Waals surface area contributed by atoms with Crippen LogP contribution in [0.3, 0.4) is 0 Å². The van der Waals surface area contributed by atoms with Gasteiger partial charge in [0.15, 0.2) is 5.72 Å². The molecule has 10 heteroatoms. The second-order valence-corrected chi connectivity index (χ2v) is 12.3. The number of hydrogen-bond donors (Lipinski definition) is 2. The molecule has 3 aromatic carbocycles. The van der Waals surface area contributed by atoms with Crippen LogP contribution in [-0.4, -0.2) is 65.1 Å². The zero-order valence-corrected chi connectivity index (χ0v) is 28.4. The van der Waals surface area contributed by atoms with E-state index in [2.05, 4.69) is 62.9 Å². The molecular weight excluding hydrogens is 606 g/mol. The normalized spacial score (nSPS) is 21.9. The molecule has 0 saturated carbocycles. The van der Waals surface area contributed by atoms with Crippen molar-refractivity contribution in [2.45, 2.75) is 77.6 Å². The Labute approximate surface area is 280 Å². The first-order valence-electron chi connectivity index (χ1n) is 16.7. The molecule has 1 saturated heterocycles. The fraction of sp³-hybridized carbons (Fsp3) is 0.395. The summed E-state index contributed by atoms with van der Waals surface area (Å²) in [5.74, 6) is 2.30. The van der Waals surface area contributed by atoms with Gasteiger partial charge in [-0.05, 0) is 31.0 Å². The maximum absolute atomic E-state index is 13.5. The molecule has 3 aliphatic rings. The van der Waals surface area contributed by atoms with Crippen LogP contribution in [0.2, 0.25) is 0 Å². The average Bonchev–Trinajstić information content (AvgIpc) is 3.75. The summed E-state index contributed by atoms with van der Waals surface area (Å²) in [6.45, 7) is 8.94. The number of methoxy groups -OCH3 is 1. The second-order valence-electron chi connectivity index (χ2n) is 12.3. The number of terminal acetylenes is 1. The van der Waals surface area contributed by atoms with Crippen molar-refractivity contribution >= 4 is 61.8 Å². The predicted octanol–water partition coefficient (Wildman–Crippen LogP) is 5.78. The molecular formula is C38H43N5O5. The van der Waals surface area contributed by atoms with E-state index in [-0.39, 0.29) is 24.1 Å². The SMILES string of the molecule is C#CCNC=O.CC.CCCC(=O)N(C)C1CC2O[C@@](C)(C1OC)n1c3ccccc3c3c4c(c5c6ccccc6n2c5c31)C(=O)NC4. The van der Waals surface area contributed by atoms with E-state index in [0.29, 0.717) is 32.3 Å². The third-order valence-corrected chi connectivity index (χ3v) is 9.84. The van der Waals surface area contributed by atoms with E-state index in [1.807, 2.05) is 50.9 Å². The molecule has 1 fully saturated rings. The summed E-state index contributed by atoms with van der Waals surface area (Å²) in [5, 5.41) is 9.58. The van der Waals surface area contributed by atoms with Gasteiger partial charge in [0.2, 0.25) is 12.3 Å². The van der Waals surface area contributed by atoms with Crippen LogP contribution >= 0.6 is 0 Å². The molecule has 2 bridgehead atoms. The lowest BCUT2D eigenvalue weighted by molar-refractivity contribution is -0.266. The molecule has 5 heterocycles. The van der Waals surface area contributed by atoms with Crippen LogP contribution in [0.1, 0.15) is 69.1 Å². The van der Waals surface area contributed by atoms with E-state index in [1.165, 1.54) is 0 Å². The highest BCUT2D eigenvalue weighted by atomic mass is 16.6. The molecule has 3 unspecified atom stereocenters. The Balaban J connectivity index is 0.000000455. The van der Waals surface area contributed by atoms with Gasteiger partial charge in [-0.25, -0.2) is 0 Å². The first-order chi connectivity index (χ1) is 23.3. The molecule has 4 atom stereocenters. The highest BCUT2D eigenvalue weighted by Gasteiger charge is 2.54. The number of fused-ring (bicyclic) bond motifs is 13. The molecule has 0 spiro atoms. The van der Waals surface area contributed by atoms with E-state index in [4.69, 9.17) is 15.9 Å². The summed E-state index contributed by atoms with van der Waals surface area (Å²) < 4.78 is 18.1. The van der Waals surface area contributed by atoms with Crippen LogP contribution in [0.15, 0.2) is 48.5 Å². The summed E-state index contributed by atoms with van der Waals surface area (Å²) in [6, 6.07) is 16.4. The third-order valence-electron chi connectivity index (χ3n) is 9.84. The van der Waals surface area contributed by atoms with Gasteiger partial charge in [-0.1, -0.05) is 63.1 Å². The molecule has 3 amide bonds. The van der Waals surface area contributed by atoms with Crippen LogP contribution < -0.4 is 10.6 Å². The largest absolute Gasteiger partial charge is 0.374 e. The highest BCUT2D eigenvalue weighted by Crippen LogP contribution is 2.54. The number of amides is 3. The number of para-hydroxylation sites is 2. The lowest BCUT2D eigenvalue weighted by atomic mass is 9.91. The Kier molecular flexibility index (Phi) is 8.94. The molecule has 5 aromatic rings. The van der Waals surface area contributed by atoms with E-state index < -0.39 is 11.8 Å². The summed E-state index contributed by atoms with van der Waals surface area (Å²) in [6.07, 6.45) is 6.36. The quantitative estimate of drug-likeness (QED) is 0.138. The number of nitrogens with zero attached hydrogens (tertiary/aromatic N) is 3. The molecule has 10 nitrogen and oxygen atoms in total. The average molecular weight is 650 g/mol. The molecule has 250 valence electrons. The number of hydrogen-bond acceptors (Lipinski definition) is 5. The van der Waals surface area contributed by atoms with Crippen molar-refractivity contribution in [3.63, 3.8) is 0 Å². The lowest BCUT2D eigenvalue weighted by Crippen LogP contribution is -2.61. The van der Waals surface area contributed by atoms with Gasteiger partial charge in [-0.3, -0.25) is 14.4 Å². The van der Waals surface area contributed by atoms with Gasteiger partial charge in [0.25, 0.3) is 5.91 Å². The Morgan fingerprint density at radius 3 is 2.44 bits per heavy atom. The van der Waals surface area contributed by atoms with Crippen LogP contribution in [-0.2, 0) is 31.3 Å². The zero-order valence-electron chi connectivity index (χ0n) is 28.4. The molecule has 0 radical (unpaired) electrons. The fourth-order valence-corrected chi connectivity index (χ4v) is 8.07. The van der Waals surface area contributed by atoms with Crippen molar-refractivity contribution in [3.05, 3.63) is 59.7 Å². The first-order valence-corrected chi connectivity index (χ1v) is 16.7. The summed E-state index contributed by atoms with van der Waals surface area (Å²) in [4.78, 5) is 38.0. The van der Waals surface area contributed by atoms with Crippen molar-refractivity contribution in [1.82, 2.24) is 24.7 Å². The summed E-state index contributed by atoms with van der Waals surface area (Å²) in [7, 11) is 3.61. The predicted molar refractivity (Wildman–Crippen MR) is 189 cm³/mol. The van der Waals surface area contributed by atoms with Gasteiger partial charge >= 0.3 is 0 Å². The van der Waals surface area contributed by atoms with E-state index in [9.17, 15) is 14.4 Å². The Hall–Kier alpha value is -4.85. The van der Waals surface area contributed by atoms with Gasteiger partial charge < -0.3 is 34.1 Å². The number of rotatable bonds is 6. The molecule has 48 heavy (non-hydrogen) atoms. The third kappa shape index (κ3) is 4.67. The van der Waals surface area contributed by atoms with Crippen molar-refractivity contribution in [2.75, 3.05) is 20.7 Å². The second kappa shape index (κ2) is 13.0. The number of aromatic nitrogens is 2. The Bertz CT molecular complexity index is 2110. The highest BCUT2D eigenvalue weighted by molar-refractivity contribution is 6.31. The Morgan fingerprint density at radius 1 is 1.15 bits per heavy atom. The number of carbonyl (C=O) groups excluding carboxylic acids is 3. The lowest BCUT2D eigenvalue weighted by Gasteiger charge is -2.50. The zero-order chi connectivity index (χ0) is 34.3. The molecule has 2 aromatic heterocycles. The van der Waals surface area contributed by atoms with E-state index >= 15 is 0 Å². The van der Waals surface area contributed by atoms with Gasteiger partial charge in [0.05, 0.1) is 40.2 Å². The van der Waals surface area contributed by atoms with Crippen molar-refractivity contribution in [3.8, 4) is 12.3 Å². The van der Waals surface area contributed by atoms with Crippen LogP contribution in [0.4, 0.5) is 0 Å². The monoisotopic (exact) mass is 649 g/mol.